The molecular weight excluding hydrogens is 306 g/mol. The zero-order chi connectivity index (χ0) is 16.9. The molecule has 1 N–H and O–H groups in total. The summed E-state index contributed by atoms with van der Waals surface area (Å²) in [6.45, 7) is 2.27. The molecule has 1 aliphatic rings. The standard InChI is InChI=1S/C19H19NO4/c1-2-17(19(21)22)24-15-10-6-9-14(11-15)18-20-16(12-23-18)13-7-4-3-5-8-13/h3-11,16-17H,2,12H2,1H3,(H,21,22)/t16-,17?/m1/s1. The second-order valence-corrected chi connectivity index (χ2v) is 5.55. The van der Waals surface area contributed by atoms with Crippen LogP contribution in [0.3, 0.4) is 0 Å². The summed E-state index contributed by atoms with van der Waals surface area (Å²) in [6.07, 6.45) is -0.462. The lowest BCUT2D eigenvalue weighted by Gasteiger charge is -2.13. The van der Waals surface area contributed by atoms with Gasteiger partial charge in [0.2, 0.25) is 5.90 Å². The van der Waals surface area contributed by atoms with Gasteiger partial charge in [-0.15, -0.1) is 0 Å². The molecule has 0 bridgehead atoms. The van der Waals surface area contributed by atoms with Crippen molar-refractivity contribution < 1.29 is 19.4 Å². The van der Waals surface area contributed by atoms with E-state index in [2.05, 4.69) is 4.99 Å². The van der Waals surface area contributed by atoms with E-state index in [4.69, 9.17) is 14.6 Å². The number of rotatable bonds is 6. The van der Waals surface area contributed by atoms with E-state index in [-0.39, 0.29) is 6.04 Å². The van der Waals surface area contributed by atoms with Gasteiger partial charge in [0.1, 0.15) is 18.4 Å². The molecule has 124 valence electrons. The maximum absolute atomic E-state index is 11.1. The van der Waals surface area contributed by atoms with Gasteiger partial charge in [-0.05, 0) is 30.2 Å². The van der Waals surface area contributed by atoms with Crippen molar-refractivity contribution in [3.05, 3.63) is 65.7 Å². The third kappa shape index (κ3) is 3.56. The molecule has 2 aromatic carbocycles. The third-order valence-corrected chi connectivity index (χ3v) is 3.84. The summed E-state index contributed by atoms with van der Waals surface area (Å²) >= 11 is 0. The van der Waals surface area contributed by atoms with Gasteiger partial charge in [-0.1, -0.05) is 43.3 Å². The van der Waals surface area contributed by atoms with Crippen molar-refractivity contribution in [2.45, 2.75) is 25.5 Å². The van der Waals surface area contributed by atoms with Crippen LogP contribution in [0.15, 0.2) is 59.6 Å². The maximum Gasteiger partial charge on any atom is 0.344 e. The number of aliphatic carboxylic acids is 1. The van der Waals surface area contributed by atoms with Crippen LogP contribution in [0.1, 0.15) is 30.5 Å². The number of carbonyl (C=O) groups is 1. The SMILES string of the molecule is CCC(Oc1cccc(C2=N[C@@H](c3ccccc3)CO2)c1)C(=O)O. The Hall–Kier alpha value is -2.82. The number of carboxylic acid groups (broad SMARTS) is 1. The second kappa shape index (κ2) is 7.17. The molecule has 0 spiro atoms. The van der Waals surface area contributed by atoms with E-state index in [0.717, 1.165) is 11.1 Å². The van der Waals surface area contributed by atoms with Crippen LogP contribution in [0.25, 0.3) is 0 Å². The van der Waals surface area contributed by atoms with Crippen molar-refractivity contribution in [2.75, 3.05) is 6.61 Å². The molecule has 0 aliphatic carbocycles. The zero-order valence-corrected chi connectivity index (χ0v) is 13.4. The first-order chi connectivity index (χ1) is 11.7. The second-order valence-electron chi connectivity index (χ2n) is 5.55. The lowest BCUT2D eigenvalue weighted by molar-refractivity contribution is -0.145. The lowest BCUT2D eigenvalue weighted by atomic mass is 10.1. The van der Waals surface area contributed by atoms with Crippen molar-refractivity contribution in [1.82, 2.24) is 0 Å². The molecular formula is C19H19NO4. The van der Waals surface area contributed by atoms with E-state index in [1.54, 1.807) is 25.1 Å². The molecule has 5 nitrogen and oxygen atoms in total. The van der Waals surface area contributed by atoms with Crippen LogP contribution < -0.4 is 4.74 Å². The first kappa shape index (κ1) is 16.1. The van der Waals surface area contributed by atoms with Crippen LogP contribution >= 0.6 is 0 Å². The van der Waals surface area contributed by atoms with E-state index in [9.17, 15) is 4.79 Å². The number of aliphatic imine (C=N–C) groups is 1. The molecule has 0 saturated carbocycles. The molecule has 2 atom stereocenters. The smallest absolute Gasteiger partial charge is 0.344 e. The molecule has 1 unspecified atom stereocenters. The molecule has 0 saturated heterocycles. The van der Waals surface area contributed by atoms with Crippen LogP contribution in [0.5, 0.6) is 5.75 Å². The summed E-state index contributed by atoms with van der Waals surface area (Å²) in [7, 11) is 0. The summed E-state index contributed by atoms with van der Waals surface area (Å²) in [5.41, 5.74) is 1.89. The van der Waals surface area contributed by atoms with Gasteiger partial charge in [0.25, 0.3) is 0 Å². The summed E-state index contributed by atoms with van der Waals surface area (Å²) in [6, 6.07) is 17.1. The van der Waals surface area contributed by atoms with Crippen LogP contribution in [0.4, 0.5) is 0 Å². The highest BCUT2D eigenvalue weighted by Crippen LogP contribution is 2.26. The summed E-state index contributed by atoms with van der Waals surface area (Å²) in [5, 5.41) is 9.10. The molecule has 1 heterocycles. The van der Waals surface area contributed by atoms with Gasteiger partial charge in [-0.25, -0.2) is 9.79 Å². The number of hydrogen-bond acceptors (Lipinski definition) is 4. The van der Waals surface area contributed by atoms with Crippen LogP contribution in [-0.2, 0) is 9.53 Å². The minimum Gasteiger partial charge on any atom is -0.479 e. The molecule has 2 aromatic rings. The molecule has 0 fully saturated rings. The monoisotopic (exact) mass is 325 g/mol. The molecule has 3 rings (SSSR count). The largest absolute Gasteiger partial charge is 0.479 e. The summed E-state index contributed by atoms with van der Waals surface area (Å²) < 4.78 is 11.2. The van der Waals surface area contributed by atoms with E-state index < -0.39 is 12.1 Å². The Bertz CT molecular complexity index is 742. The van der Waals surface area contributed by atoms with Crippen LogP contribution in [0.2, 0.25) is 0 Å². The fourth-order valence-electron chi connectivity index (χ4n) is 2.55. The van der Waals surface area contributed by atoms with Crippen LogP contribution in [0, 0.1) is 0 Å². The van der Waals surface area contributed by atoms with E-state index in [1.165, 1.54) is 0 Å². The van der Waals surface area contributed by atoms with Crippen molar-refractivity contribution in [3.8, 4) is 5.75 Å². The Morgan fingerprint density at radius 2 is 2.08 bits per heavy atom. The van der Waals surface area contributed by atoms with Crippen molar-refractivity contribution in [2.24, 2.45) is 4.99 Å². The highest BCUT2D eigenvalue weighted by molar-refractivity contribution is 5.95. The maximum atomic E-state index is 11.1. The Labute approximate surface area is 140 Å². The van der Waals surface area contributed by atoms with Gasteiger partial charge in [0.15, 0.2) is 6.10 Å². The fraction of sp³-hybridized carbons (Fsp3) is 0.263. The van der Waals surface area contributed by atoms with Gasteiger partial charge < -0.3 is 14.6 Å². The third-order valence-electron chi connectivity index (χ3n) is 3.84. The Morgan fingerprint density at radius 3 is 2.79 bits per heavy atom. The predicted octanol–water partition coefficient (Wildman–Crippen LogP) is 3.45. The highest BCUT2D eigenvalue weighted by Gasteiger charge is 2.22. The van der Waals surface area contributed by atoms with Crippen molar-refractivity contribution in [3.63, 3.8) is 0 Å². The average molecular weight is 325 g/mol. The Morgan fingerprint density at radius 1 is 1.29 bits per heavy atom. The Kier molecular flexibility index (Phi) is 4.79. The van der Waals surface area contributed by atoms with E-state index in [1.807, 2.05) is 36.4 Å². The first-order valence-corrected chi connectivity index (χ1v) is 7.93. The molecule has 0 radical (unpaired) electrons. The van der Waals surface area contributed by atoms with Crippen LogP contribution in [-0.4, -0.2) is 29.7 Å². The summed E-state index contributed by atoms with van der Waals surface area (Å²) in [4.78, 5) is 15.7. The van der Waals surface area contributed by atoms with Gasteiger partial charge in [0.05, 0.1) is 0 Å². The number of nitrogens with zero attached hydrogens (tertiary/aromatic N) is 1. The van der Waals surface area contributed by atoms with Gasteiger partial charge in [-0.2, -0.15) is 0 Å². The molecule has 1 aliphatic heterocycles. The Balaban J connectivity index is 1.78. The fourth-order valence-corrected chi connectivity index (χ4v) is 2.55. The molecule has 0 aromatic heterocycles. The summed E-state index contributed by atoms with van der Waals surface area (Å²) in [5.74, 6) is 0.0791. The van der Waals surface area contributed by atoms with Gasteiger partial charge >= 0.3 is 5.97 Å². The highest BCUT2D eigenvalue weighted by atomic mass is 16.5. The van der Waals surface area contributed by atoms with E-state index in [0.29, 0.717) is 24.7 Å². The first-order valence-electron chi connectivity index (χ1n) is 7.93. The normalized spacial score (nSPS) is 17.7. The zero-order valence-electron chi connectivity index (χ0n) is 13.4. The predicted molar refractivity (Wildman–Crippen MR) is 90.5 cm³/mol. The van der Waals surface area contributed by atoms with Crippen molar-refractivity contribution >= 4 is 11.9 Å². The molecule has 24 heavy (non-hydrogen) atoms. The molecule has 0 amide bonds. The lowest BCUT2D eigenvalue weighted by Crippen LogP contribution is -2.25. The minimum atomic E-state index is -0.971. The quantitative estimate of drug-likeness (QED) is 0.883. The topological polar surface area (TPSA) is 68.1 Å². The average Bonchev–Trinajstić information content (AvgIpc) is 3.10. The minimum absolute atomic E-state index is 0.0202. The molecule has 5 heteroatoms. The van der Waals surface area contributed by atoms with Gasteiger partial charge in [-0.3, -0.25) is 0 Å². The van der Waals surface area contributed by atoms with Crippen molar-refractivity contribution in [1.29, 1.82) is 0 Å². The number of carboxylic acids is 1. The van der Waals surface area contributed by atoms with E-state index >= 15 is 0 Å². The number of ether oxygens (including phenoxy) is 2. The van der Waals surface area contributed by atoms with Gasteiger partial charge in [0, 0.05) is 5.56 Å². The number of benzene rings is 2. The number of hydrogen-bond donors (Lipinski definition) is 1.